The summed E-state index contributed by atoms with van der Waals surface area (Å²) < 4.78 is 32.2. The van der Waals surface area contributed by atoms with Crippen molar-refractivity contribution in [1.29, 1.82) is 0 Å². The predicted octanol–water partition coefficient (Wildman–Crippen LogP) is 2.74. The molecule has 0 spiro atoms. The first-order chi connectivity index (χ1) is 11.8. The molecule has 1 aromatic carbocycles. The molecule has 9 heteroatoms. The minimum absolute atomic E-state index is 0.0324. The Bertz CT molecular complexity index is 890. The molecule has 1 atom stereocenters. The Hall–Kier alpha value is -1.90. The van der Waals surface area contributed by atoms with Crippen molar-refractivity contribution in [3.05, 3.63) is 40.7 Å². The Kier molecular flexibility index (Phi) is 4.86. The van der Waals surface area contributed by atoms with E-state index in [4.69, 9.17) is 16.1 Å². The lowest BCUT2D eigenvalue weighted by atomic mass is 10.2. The highest BCUT2D eigenvalue weighted by Gasteiger charge is 2.41. The molecule has 0 aliphatic carbocycles. The summed E-state index contributed by atoms with van der Waals surface area (Å²) in [6.45, 7) is 3.38. The van der Waals surface area contributed by atoms with E-state index in [9.17, 15) is 13.2 Å². The van der Waals surface area contributed by atoms with E-state index in [1.54, 1.807) is 38.1 Å². The molecule has 1 aliphatic rings. The fraction of sp³-hybridized carbons (Fsp3) is 0.375. The summed E-state index contributed by atoms with van der Waals surface area (Å²) in [6, 6.07) is 6.03. The number of carbonyl (C=O) groups is 1. The van der Waals surface area contributed by atoms with Gasteiger partial charge in [0.2, 0.25) is 15.9 Å². The molecule has 25 heavy (non-hydrogen) atoms. The molecule has 2 heterocycles. The van der Waals surface area contributed by atoms with Gasteiger partial charge in [0.1, 0.15) is 16.6 Å². The highest BCUT2D eigenvalue weighted by Crippen LogP contribution is 2.31. The maximum atomic E-state index is 13.0. The van der Waals surface area contributed by atoms with Gasteiger partial charge in [0, 0.05) is 6.54 Å². The average Bonchev–Trinajstić information content (AvgIpc) is 3.17. The third kappa shape index (κ3) is 3.29. The number of hydrogen-bond acceptors (Lipinski definition) is 5. The minimum Gasteiger partial charge on any atom is -0.360 e. The molecule has 2 aromatic rings. The van der Waals surface area contributed by atoms with Gasteiger partial charge < -0.3 is 9.84 Å². The van der Waals surface area contributed by atoms with Crippen LogP contribution in [0.1, 0.15) is 24.3 Å². The van der Waals surface area contributed by atoms with Crippen molar-refractivity contribution in [3.63, 3.8) is 0 Å². The van der Waals surface area contributed by atoms with Gasteiger partial charge in [0.15, 0.2) is 5.76 Å². The summed E-state index contributed by atoms with van der Waals surface area (Å²) in [4.78, 5) is 12.7. The van der Waals surface area contributed by atoms with Gasteiger partial charge in [-0.05, 0) is 38.8 Å². The maximum Gasteiger partial charge on any atom is 0.249 e. The molecule has 1 N–H and O–H groups in total. The number of aryl methyl sites for hydroxylation is 2. The normalized spacial score (nSPS) is 18.4. The smallest absolute Gasteiger partial charge is 0.249 e. The van der Waals surface area contributed by atoms with Crippen molar-refractivity contribution in [2.24, 2.45) is 0 Å². The second-order valence-electron chi connectivity index (χ2n) is 5.90. The zero-order valence-electron chi connectivity index (χ0n) is 13.8. The molecule has 1 amide bonds. The molecule has 134 valence electrons. The number of aromatic nitrogens is 1. The van der Waals surface area contributed by atoms with Crippen LogP contribution in [0.4, 0.5) is 5.69 Å². The zero-order valence-corrected chi connectivity index (χ0v) is 15.4. The van der Waals surface area contributed by atoms with Crippen molar-refractivity contribution in [1.82, 2.24) is 9.46 Å². The zero-order chi connectivity index (χ0) is 18.2. The van der Waals surface area contributed by atoms with E-state index < -0.39 is 22.0 Å². The van der Waals surface area contributed by atoms with E-state index in [2.05, 4.69) is 10.5 Å². The van der Waals surface area contributed by atoms with Gasteiger partial charge in [-0.25, -0.2) is 8.42 Å². The highest BCUT2D eigenvalue weighted by molar-refractivity contribution is 7.89. The van der Waals surface area contributed by atoms with Crippen molar-refractivity contribution in [2.45, 2.75) is 37.6 Å². The number of para-hydroxylation sites is 1. The van der Waals surface area contributed by atoms with Crippen molar-refractivity contribution in [2.75, 3.05) is 11.9 Å². The van der Waals surface area contributed by atoms with Crippen LogP contribution in [0.15, 0.2) is 33.7 Å². The van der Waals surface area contributed by atoms with E-state index in [0.29, 0.717) is 23.6 Å². The number of rotatable bonds is 4. The Morgan fingerprint density at radius 2 is 2.08 bits per heavy atom. The molecule has 0 radical (unpaired) electrons. The van der Waals surface area contributed by atoms with Gasteiger partial charge in [0.25, 0.3) is 0 Å². The Morgan fingerprint density at radius 1 is 1.36 bits per heavy atom. The number of amides is 1. The quantitative estimate of drug-likeness (QED) is 0.876. The average molecular weight is 384 g/mol. The summed E-state index contributed by atoms with van der Waals surface area (Å²) >= 11 is 6.06. The monoisotopic (exact) mass is 383 g/mol. The molecule has 3 rings (SSSR count). The second-order valence-corrected chi connectivity index (χ2v) is 8.13. The summed E-state index contributed by atoms with van der Waals surface area (Å²) in [5.41, 5.74) is 0.741. The van der Waals surface area contributed by atoms with E-state index >= 15 is 0 Å². The van der Waals surface area contributed by atoms with Crippen molar-refractivity contribution >= 4 is 33.2 Å². The SMILES string of the molecule is Cc1noc(C)c1S(=O)(=O)N1CCC[C@@H]1C(=O)Nc1ccccc1Cl. The van der Waals surface area contributed by atoms with Crippen LogP contribution in [0.25, 0.3) is 0 Å². The fourth-order valence-corrected chi connectivity index (χ4v) is 5.16. The van der Waals surface area contributed by atoms with Crippen LogP contribution < -0.4 is 5.32 Å². The summed E-state index contributed by atoms with van der Waals surface area (Å²) in [5.74, 6) is -0.185. The summed E-state index contributed by atoms with van der Waals surface area (Å²) in [6.07, 6.45) is 1.04. The standard InChI is InChI=1S/C16H18ClN3O4S/c1-10-15(11(2)24-19-10)25(22,23)20-9-5-8-14(20)16(21)18-13-7-4-3-6-12(13)17/h3-4,6-7,14H,5,8-9H2,1-2H3,(H,18,21)/t14-/m1/s1. The van der Waals surface area contributed by atoms with Crippen molar-refractivity contribution in [3.8, 4) is 0 Å². The topological polar surface area (TPSA) is 92.5 Å². The summed E-state index contributed by atoms with van der Waals surface area (Å²) in [7, 11) is -3.87. The van der Waals surface area contributed by atoms with E-state index in [1.807, 2.05) is 0 Å². The van der Waals surface area contributed by atoms with Gasteiger partial charge in [-0.15, -0.1) is 0 Å². The molecule has 0 bridgehead atoms. The molecular weight excluding hydrogens is 366 g/mol. The van der Waals surface area contributed by atoms with Crippen LogP contribution in [0, 0.1) is 13.8 Å². The van der Waals surface area contributed by atoms with E-state index in [-0.39, 0.29) is 22.9 Å². The van der Waals surface area contributed by atoms with Crippen LogP contribution in [0.5, 0.6) is 0 Å². The van der Waals surface area contributed by atoms with E-state index in [0.717, 1.165) is 0 Å². The number of halogens is 1. The highest BCUT2D eigenvalue weighted by atomic mass is 35.5. The second kappa shape index (κ2) is 6.78. The number of nitrogens with zero attached hydrogens (tertiary/aromatic N) is 2. The summed E-state index contributed by atoms with van der Waals surface area (Å²) in [5, 5.41) is 6.81. The van der Waals surface area contributed by atoms with Crippen LogP contribution in [-0.2, 0) is 14.8 Å². The van der Waals surface area contributed by atoms with Crippen LogP contribution >= 0.6 is 11.6 Å². The predicted molar refractivity (Wildman–Crippen MR) is 93.0 cm³/mol. The maximum absolute atomic E-state index is 13.0. The molecule has 1 aromatic heterocycles. The third-order valence-electron chi connectivity index (χ3n) is 4.17. The lowest BCUT2D eigenvalue weighted by Gasteiger charge is -2.23. The van der Waals surface area contributed by atoms with Gasteiger partial charge in [-0.2, -0.15) is 4.31 Å². The first-order valence-corrected chi connectivity index (χ1v) is 9.64. The number of anilines is 1. The molecule has 0 unspecified atom stereocenters. The number of benzene rings is 1. The van der Waals surface area contributed by atoms with Crippen molar-refractivity contribution < 1.29 is 17.7 Å². The van der Waals surface area contributed by atoms with Crippen LogP contribution in [0.3, 0.4) is 0 Å². The number of nitrogens with one attached hydrogen (secondary N) is 1. The largest absolute Gasteiger partial charge is 0.360 e. The molecule has 1 saturated heterocycles. The number of carbonyl (C=O) groups excluding carboxylic acids is 1. The molecule has 7 nitrogen and oxygen atoms in total. The minimum atomic E-state index is -3.87. The lowest BCUT2D eigenvalue weighted by molar-refractivity contribution is -0.119. The molecule has 1 aliphatic heterocycles. The Balaban J connectivity index is 1.88. The number of hydrogen-bond donors (Lipinski definition) is 1. The Morgan fingerprint density at radius 3 is 2.72 bits per heavy atom. The molecule has 0 saturated carbocycles. The lowest BCUT2D eigenvalue weighted by Crippen LogP contribution is -2.43. The van der Waals surface area contributed by atoms with Gasteiger partial charge in [-0.3, -0.25) is 4.79 Å². The fourth-order valence-electron chi connectivity index (χ4n) is 3.03. The first kappa shape index (κ1) is 17.9. The molecular formula is C16H18ClN3O4S. The molecule has 1 fully saturated rings. The van der Waals surface area contributed by atoms with E-state index in [1.165, 1.54) is 4.31 Å². The third-order valence-corrected chi connectivity index (χ3v) is 6.66. The van der Waals surface area contributed by atoms with Crippen LogP contribution in [0.2, 0.25) is 5.02 Å². The van der Waals surface area contributed by atoms with Gasteiger partial charge in [0.05, 0.1) is 10.7 Å². The number of sulfonamides is 1. The van der Waals surface area contributed by atoms with Gasteiger partial charge >= 0.3 is 0 Å². The van der Waals surface area contributed by atoms with Crippen LogP contribution in [-0.4, -0.2) is 36.4 Å². The Labute approximate surface area is 151 Å². The van der Waals surface area contributed by atoms with Gasteiger partial charge in [-0.1, -0.05) is 28.9 Å². The first-order valence-electron chi connectivity index (χ1n) is 7.82.